The molecule has 0 aliphatic carbocycles. The molecule has 0 spiro atoms. The Morgan fingerprint density at radius 1 is 1.04 bits per heavy atom. The van der Waals surface area contributed by atoms with Crippen molar-refractivity contribution in [2.24, 2.45) is 5.73 Å². The van der Waals surface area contributed by atoms with Gasteiger partial charge in [0, 0.05) is 17.3 Å². The molecule has 3 rings (SSSR count). The summed E-state index contributed by atoms with van der Waals surface area (Å²) in [5, 5.41) is 4.13. The van der Waals surface area contributed by atoms with E-state index in [9.17, 15) is 14.4 Å². The molecular weight excluding hydrogens is 346 g/mol. The first kappa shape index (κ1) is 18.1. The molecule has 1 heterocycles. The van der Waals surface area contributed by atoms with Gasteiger partial charge in [0.15, 0.2) is 0 Å². The third-order valence-electron chi connectivity index (χ3n) is 3.89. The number of esters is 1. The minimum Gasteiger partial charge on any atom is -0.442 e. The third-order valence-corrected chi connectivity index (χ3v) is 3.89. The lowest BCUT2D eigenvalue weighted by molar-refractivity contribution is -0.127. The van der Waals surface area contributed by atoms with Crippen LogP contribution in [-0.2, 0) is 9.53 Å². The summed E-state index contributed by atoms with van der Waals surface area (Å²) >= 11 is 0. The van der Waals surface area contributed by atoms with Crippen LogP contribution in [0.1, 0.15) is 27.8 Å². The van der Waals surface area contributed by atoms with E-state index in [0.29, 0.717) is 16.9 Å². The number of para-hydroxylation sites is 1. The molecule has 2 N–H and O–H groups in total. The highest BCUT2D eigenvalue weighted by atomic mass is 16.5. The zero-order valence-corrected chi connectivity index (χ0v) is 14.5. The summed E-state index contributed by atoms with van der Waals surface area (Å²) in [5.74, 6) is -1.86. The molecule has 3 aromatic rings. The number of carbonyl (C=O) groups excluding carboxylic acids is 2. The lowest BCUT2D eigenvalue weighted by Crippen LogP contribution is -2.30. The highest BCUT2D eigenvalue weighted by molar-refractivity contribution is 5.90. The van der Waals surface area contributed by atoms with E-state index in [4.69, 9.17) is 10.5 Å². The summed E-state index contributed by atoms with van der Waals surface area (Å²) < 4.78 is 6.66. The fourth-order valence-electron chi connectivity index (χ4n) is 2.60. The van der Waals surface area contributed by atoms with Crippen molar-refractivity contribution in [3.63, 3.8) is 0 Å². The number of nitrogens with zero attached hydrogens (tertiary/aromatic N) is 2. The molecule has 27 heavy (non-hydrogen) atoms. The van der Waals surface area contributed by atoms with Gasteiger partial charge in [-0.05, 0) is 19.1 Å². The number of hydrogen-bond donors (Lipinski definition) is 1. The van der Waals surface area contributed by atoms with Crippen molar-refractivity contribution >= 4 is 11.9 Å². The lowest BCUT2D eigenvalue weighted by Gasteiger charge is -2.15. The summed E-state index contributed by atoms with van der Waals surface area (Å²) in [4.78, 5) is 36.5. The van der Waals surface area contributed by atoms with Gasteiger partial charge in [-0.3, -0.25) is 9.59 Å². The predicted molar refractivity (Wildman–Crippen MR) is 98.4 cm³/mol. The monoisotopic (exact) mass is 363 g/mol. The van der Waals surface area contributed by atoms with Crippen LogP contribution >= 0.6 is 0 Å². The molecule has 0 aliphatic rings. The van der Waals surface area contributed by atoms with E-state index in [-0.39, 0.29) is 0 Å². The van der Waals surface area contributed by atoms with Gasteiger partial charge in [-0.25, -0.2) is 9.48 Å². The zero-order chi connectivity index (χ0) is 19.4. The molecule has 1 amide bonds. The maximum absolute atomic E-state index is 12.5. The smallest absolute Gasteiger partial charge is 0.364 e. The fourth-order valence-corrected chi connectivity index (χ4v) is 2.60. The van der Waals surface area contributed by atoms with E-state index in [1.807, 2.05) is 18.2 Å². The fraction of sp³-hybridized carbons (Fsp3) is 0.100. The summed E-state index contributed by atoms with van der Waals surface area (Å²) in [6.45, 7) is 1.70. The molecule has 0 bridgehead atoms. The quantitative estimate of drug-likeness (QED) is 0.698. The summed E-state index contributed by atoms with van der Waals surface area (Å²) in [7, 11) is 0. The molecule has 7 nitrogen and oxygen atoms in total. The van der Waals surface area contributed by atoms with E-state index >= 15 is 0 Å². The number of benzene rings is 2. The Balaban J connectivity index is 1.97. The second kappa shape index (κ2) is 7.65. The Labute approximate surface area is 155 Å². The predicted octanol–water partition coefficient (Wildman–Crippen LogP) is 1.92. The number of aromatic nitrogens is 2. The number of hydrogen-bond acceptors (Lipinski definition) is 5. The van der Waals surface area contributed by atoms with E-state index in [2.05, 4.69) is 5.10 Å². The minimum absolute atomic E-state index is 0.411. The van der Waals surface area contributed by atoms with E-state index < -0.39 is 29.1 Å². The average molecular weight is 363 g/mol. The van der Waals surface area contributed by atoms with Crippen molar-refractivity contribution in [3.05, 3.63) is 93.9 Å². The molecule has 0 aliphatic heterocycles. The summed E-state index contributed by atoms with van der Waals surface area (Å²) in [5.41, 5.74) is 5.98. The van der Waals surface area contributed by atoms with Crippen LogP contribution < -0.4 is 11.2 Å². The van der Waals surface area contributed by atoms with Gasteiger partial charge in [-0.15, -0.1) is 0 Å². The Morgan fingerprint density at radius 3 is 2.22 bits per heavy atom. The first-order chi connectivity index (χ1) is 13.0. The van der Waals surface area contributed by atoms with Crippen molar-refractivity contribution in [1.29, 1.82) is 0 Å². The van der Waals surface area contributed by atoms with E-state index in [1.165, 1.54) is 10.7 Å². The molecule has 1 atom stereocenters. The molecule has 1 aromatic heterocycles. The standard InChI is InChI=1S/C20H17N3O4/c1-13-12-16(24)17(22-23(13)15-10-6-3-7-11-15)20(26)27-18(19(21)25)14-8-4-2-5-9-14/h2-12,18H,1H3,(H2,21,25). The molecule has 0 radical (unpaired) electrons. The maximum atomic E-state index is 12.5. The van der Waals surface area contributed by atoms with Crippen molar-refractivity contribution in [3.8, 4) is 5.69 Å². The second-order valence-corrected chi connectivity index (χ2v) is 5.84. The zero-order valence-electron chi connectivity index (χ0n) is 14.5. The number of nitrogens with two attached hydrogens (primary N) is 1. The highest BCUT2D eigenvalue weighted by Gasteiger charge is 2.26. The van der Waals surface area contributed by atoms with Gasteiger partial charge in [-0.1, -0.05) is 48.5 Å². The summed E-state index contributed by atoms with van der Waals surface area (Å²) in [6.07, 6.45) is -1.31. The Morgan fingerprint density at radius 2 is 1.63 bits per heavy atom. The Kier molecular flexibility index (Phi) is 5.12. The van der Waals surface area contributed by atoms with Gasteiger partial charge in [0.05, 0.1) is 5.69 Å². The van der Waals surface area contributed by atoms with Crippen LogP contribution in [0.2, 0.25) is 0 Å². The van der Waals surface area contributed by atoms with Crippen LogP contribution in [0, 0.1) is 6.92 Å². The largest absolute Gasteiger partial charge is 0.442 e. The van der Waals surface area contributed by atoms with Crippen LogP contribution in [0.4, 0.5) is 0 Å². The van der Waals surface area contributed by atoms with Crippen molar-refractivity contribution < 1.29 is 14.3 Å². The SMILES string of the molecule is Cc1cc(=O)c(C(=O)OC(C(N)=O)c2ccccc2)nn1-c1ccccc1. The Bertz CT molecular complexity index is 1030. The molecule has 1 unspecified atom stereocenters. The minimum atomic E-state index is -1.31. The maximum Gasteiger partial charge on any atom is 0.364 e. The van der Waals surface area contributed by atoms with Crippen molar-refractivity contribution in [2.75, 3.05) is 0 Å². The van der Waals surface area contributed by atoms with Crippen LogP contribution in [0.3, 0.4) is 0 Å². The highest BCUT2D eigenvalue weighted by Crippen LogP contribution is 2.18. The second-order valence-electron chi connectivity index (χ2n) is 5.84. The van der Waals surface area contributed by atoms with Crippen LogP contribution in [0.25, 0.3) is 5.69 Å². The number of ether oxygens (including phenoxy) is 1. The molecular formula is C20H17N3O4. The van der Waals surface area contributed by atoms with E-state index in [0.717, 1.165) is 0 Å². The van der Waals surface area contributed by atoms with Gasteiger partial charge in [0.2, 0.25) is 17.2 Å². The average Bonchev–Trinajstić information content (AvgIpc) is 2.67. The topological polar surface area (TPSA) is 104 Å². The van der Waals surface area contributed by atoms with Crippen molar-refractivity contribution in [1.82, 2.24) is 9.78 Å². The molecule has 0 fully saturated rings. The summed E-state index contributed by atoms with van der Waals surface area (Å²) in [6, 6.07) is 18.7. The molecule has 2 aromatic carbocycles. The van der Waals surface area contributed by atoms with Gasteiger partial charge in [0.25, 0.3) is 5.91 Å². The number of amides is 1. The van der Waals surface area contributed by atoms with Crippen LogP contribution in [0.5, 0.6) is 0 Å². The van der Waals surface area contributed by atoms with Gasteiger partial charge in [-0.2, -0.15) is 5.10 Å². The molecule has 0 saturated heterocycles. The third kappa shape index (κ3) is 3.92. The molecule has 0 saturated carbocycles. The van der Waals surface area contributed by atoms with Gasteiger partial charge < -0.3 is 10.5 Å². The van der Waals surface area contributed by atoms with Crippen LogP contribution in [-0.4, -0.2) is 21.7 Å². The Hall–Kier alpha value is -3.74. The normalized spacial score (nSPS) is 11.6. The van der Waals surface area contributed by atoms with Gasteiger partial charge >= 0.3 is 5.97 Å². The van der Waals surface area contributed by atoms with Crippen LogP contribution in [0.15, 0.2) is 71.5 Å². The number of carbonyl (C=O) groups is 2. The first-order valence-corrected chi connectivity index (χ1v) is 8.19. The van der Waals surface area contributed by atoms with Gasteiger partial charge in [0.1, 0.15) is 0 Å². The lowest BCUT2D eigenvalue weighted by atomic mass is 10.1. The molecule has 7 heteroatoms. The number of rotatable bonds is 5. The van der Waals surface area contributed by atoms with E-state index in [1.54, 1.807) is 49.4 Å². The number of aryl methyl sites for hydroxylation is 1. The first-order valence-electron chi connectivity index (χ1n) is 8.19. The molecule has 136 valence electrons. The number of primary amides is 1. The van der Waals surface area contributed by atoms with Crippen molar-refractivity contribution in [2.45, 2.75) is 13.0 Å².